The Hall–Kier alpha value is -5.89. The van der Waals surface area contributed by atoms with Crippen LogP contribution in [0.2, 0.25) is 5.02 Å². The number of ether oxygens (including phenoxy) is 1. The molecule has 2 saturated heterocycles. The van der Waals surface area contributed by atoms with Crippen molar-refractivity contribution in [2.75, 3.05) is 24.6 Å². The van der Waals surface area contributed by atoms with Crippen molar-refractivity contribution in [2.45, 2.75) is 37.3 Å². The summed E-state index contributed by atoms with van der Waals surface area (Å²) in [6.45, 7) is 1.91. The number of phenols is 1. The van der Waals surface area contributed by atoms with E-state index in [2.05, 4.69) is 10.4 Å². The van der Waals surface area contributed by atoms with Gasteiger partial charge in [-0.05, 0) is 73.2 Å². The van der Waals surface area contributed by atoms with Crippen LogP contribution in [0.4, 0.5) is 24.7 Å². The normalized spacial score (nSPS) is 25.8. The standard InChI is InChI=1S/C41H35ClF3N5O6/c1-21-9-12-24(13-10-21)47-49-37(53)28-20-27-25(34(22-11-17-30(51)31(19-22)56-3)40(28,39(49)55)23-7-5-4-6-8-23)14-15-26-33(27)38(54)50(36(26)52)48(2)35-29(42)16-18-32(46-35)41(43,44)45/h4-14,16-19,26-28,33-34,47,51H,15,20H2,1-3H3/t26-,27+,28-,33-,34-,40+/m0/s1. The van der Waals surface area contributed by atoms with Gasteiger partial charge in [0.25, 0.3) is 23.6 Å². The molecule has 288 valence electrons. The number of phenolic OH excluding ortho intramolecular Hbond substituents is 1. The molecule has 3 aromatic carbocycles. The van der Waals surface area contributed by atoms with Crippen LogP contribution in [-0.4, -0.2) is 57.9 Å². The van der Waals surface area contributed by atoms with Crippen molar-refractivity contribution >= 4 is 46.7 Å². The van der Waals surface area contributed by atoms with Gasteiger partial charge in [-0.2, -0.15) is 23.2 Å². The maximum atomic E-state index is 15.3. The van der Waals surface area contributed by atoms with Gasteiger partial charge in [0.15, 0.2) is 17.3 Å². The van der Waals surface area contributed by atoms with E-state index in [0.29, 0.717) is 28.5 Å². The second kappa shape index (κ2) is 13.4. The lowest BCUT2D eigenvalue weighted by atomic mass is 9.49. The van der Waals surface area contributed by atoms with Crippen molar-refractivity contribution in [3.8, 4) is 11.5 Å². The number of imide groups is 2. The van der Waals surface area contributed by atoms with E-state index in [4.69, 9.17) is 16.3 Å². The number of hydrogen-bond acceptors (Lipinski definition) is 9. The van der Waals surface area contributed by atoms with Gasteiger partial charge in [-0.25, -0.2) is 4.98 Å². The first-order valence-corrected chi connectivity index (χ1v) is 18.3. The molecule has 1 aromatic heterocycles. The Morgan fingerprint density at radius 1 is 0.946 bits per heavy atom. The van der Waals surface area contributed by atoms with Crippen LogP contribution in [0.1, 0.15) is 41.1 Å². The van der Waals surface area contributed by atoms with Gasteiger partial charge in [-0.15, -0.1) is 0 Å². The number of aryl methyl sites for hydroxylation is 1. The number of nitrogens with zero attached hydrogens (tertiary/aromatic N) is 4. The molecule has 1 saturated carbocycles. The molecule has 4 aliphatic rings. The van der Waals surface area contributed by atoms with Crippen molar-refractivity contribution in [2.24, 2.45) is 23.7 Å². The predicted octanol–water partition coefficient (Wildman–Crippen LogP) is 6.81. The van der Waals surface area contributed by atoms with Crippen molar-refractivity contribution in [3.05, 3.63) is 124 Å². The summed E-state index contributed by atoms with van der Waals surface area (Å²) in [7, 11) is 2.64. The Morgan fingerprint density at radius 3 is 2.34 bits per heavy atom. The van der Waals surface area contributed by atoms with Crippen LogP contribution in [0.15, 0.2) is 96.6 Å². The lowest BCUT2D eigenvalue weighted by Crippen LogP contribution is -2.53. The number of alkyl halides is 3. The average molecular weight is 786 g/mol. The van der Waals surface area contributed by atoms with Crippen molar-refractivity contribution in [3.63, 3.8) is 0 Å². The van der Waals surface area contributed by atoms with Crippen LogP contribution in [0.25, 0.3) is 0 Å². The molecule has 0 radical (unpaired) electrons. The zero-order valence-electron chi connectivity index (χ0n) is 30.3. The Balaban J connectivity index is 1.28. The molecule has 0 unspecified atom stereocenters. The number of carbonyl (C=O) groups excluding carboxylic acids is 4. The third kappa shape index (κ3) is 5.52. The molecule has 15 heteroatoms. The zero-order valence-corrected chi connectivity index (χ0v) is 31.0. The Labute approximate surface area is 324 Å². The Kier molecular flexibility index (Phi) is 8.87. The first-order chi connectivity index (χ1) is 26.7. The number of aromatic hydroxyl groups is 1. The molecule has 2 aliphatic heterocycles. The number of halogens is 4. The summed E-state index contributed by atoms with van der Waals surface area (Å²) in [4.78, 5) is 62.6. The molecule has 4 aromatic rings. The zero-order chi connectivity index (χ0) is 39.8. The van der Waals surface area contributed by atoms with Gasteiger partial charge in [-0.1, -0.05) is 77.3 Å². The molecule has 4 amide bonds. The number of amides is 4. The number of aromatic nitrogens is 1. The molecule has 11 nitrogen and oxygen atoms in total. The molecular weight excluding hydrogens is 751 g/mol. The minimum atomic E-state index is -4.82. The van der Waals surface area contributed by atoms with Crippen LogP contribution in [0.3, 0.4) is 0 Å². The van der Waals surface area contributed by atoms with Crippen molar-refractivity contribution < 1.29 is 42.2 Å². The van der Waals surface area contributed by atoms with E-state index >= 15 is 4.79 Å². The van der Waals surface area contributed by atoms with Gasteiger partial charge < -0.3 is 9.84 Å². The lowest BCUT2D eigenvalue weighted by Gasteiger charge is -2.50. The van der Waals surface area contributed by atoms with E-state index in [1.807, 2.05) is 25.1 Å². The molecular formula is C41H35ClF3N5O6. The molecule has 3 fully saturated rings. The third-order valence-corrected chi connectivity index (χ3v) is 11.9. The minimum absolute atomic E-state index is 0.0105. The summed E-state index contributed by atoms with van der Waals surface area (Å²) in [6, 6.07) is 22.5. The van der Waals surface area contributed by atoms with Gasteiger partial charge in [0.2, 0.25) is 0 Å². The monoisotopic (exact) mass is 785 g/mol. The second-order valence-corrected chi connectivity index (χ2v) is 14.9. The summed E-state index contributed by atoms with van der Waals surface area (Å²) >= 11 is 6.31. The summed E-state index contributed by atoms with van der Waals surface area (Å²) < 4.78 is 46.6. The van der Waals surface area contributed by atoms with Crippen molar-refractivity contribution in [1.82, 2.24) is 15.0 Å². The van der Waals surface area contributed by atoms with Crippen LogP contribution >= 0.6 is 11.6 Å². The number of hydrogen-bond donors (Lipinski definition) is 2. The van der Waals surface area contributed by atoms with E-state index in [0.717, 1.165) is 26.7 Å². The smallest absolute Gasteiger partial charge is 0.433 e. The molecule has 8 rings (SSSR count). The van der Waals surface area contributed by atoms with E-state index < -0.39 is 76.3 Å². The van der Waals surface area contributed by atoms with Crippen LogP contribution in [-0.2, 0) is 30.8 Å². The maximum absolute atomic E-state index is 15.3. The molecule has 0 spiro atoms. The number of fused-ring (bicyclic) bond motifs is 4. The van der Waals surface area contributed by atoms with Gasteiger partial charge in [0.1, 0.15) is 5.69 Å². The molecule has 2 aliphatic carbocycles. The lowest BCUT2D eigenvalue weighted by molar-refractivity contribution is -0.142. The van der Waals surface area contributed by atoms with Crippen LogP contribution in [0.5, 0.6) is 11.5 Å². The Bertz CT molecular complexity index is 2320. The first kappa shape index (κ1) is 37.1. The first-order valence-electron chi connectivity index (χ1n) is 17.9. The highest BCUT2D eigenvalue weighted by molar-refractivity contribution is 6.33. The van der Waals surface area contributed by atoms with Crippen molar-refractivity contribution in [1.29, 1.82) is 0 Å². The number of benzene rings is 3. The number of allylic oxidation sites excluding steroid dienone is 2. The van der Waals surface area contributed by atoms with Gasteiger partial charge in [0.05, 0.1) is 41.0 Å². The Morgan fingerprint density at radius 2 is 1.66 bits per heavy atom. The quantitative estimate of drug-likeness (QED) is 0.153. The van der Waals surface area contributed by atoms with Gasteiger partial charge in [-0.3, -0.25) is 29.6 Å². The average Bonchev–Trinajstić information content (AvgIpc) is 3.56. The molecule has 6 atom stereocenters. The number of carbonyl (C=O) groups is 4. The fraction of sp³-hybridized carbons (Fsp3) is 0.293. The summed E-state index contributed by atoms with van der Waals surface area (Å²) in [5.41, 5.74) is 3.40. The third-order valence-electron chi connectivity index (χ3n) is 11.6. The number of anilines is 2. The minimum Gasteiger partial charge on any atom is -0.504 e. The van der Waals surface area contributed by atoms with Crippen LogP contribution in [0, 0.1) is 30.6 Å². The summed E-state index contributed by atoms with van der Waals surface area (Å²) in [6.07, 6.45) is -2.93. The van der Waals surface area contributed by atoms with Gasteiger partial charge >= 0.3 is 6.18 Å². The summed E-state index contributed by atoms with van der Waals surface area (Å²) in [5, 5.41) is 13.2. The molecule has 0 bridgehead atoms. The van der Waals surface area contributed by atoms with E-state index in [1.165, 1.54) is 20.2 Å². The fourth-order valence-electron chi connectivity index (χ4n) is 9.19. The number of methoxy groups -OCH3 is 1. The van der Waals surface area contributed by atoms with Crippen LogP contribution < -0.4 is 15.2 Å². The van der Waals surface area contributed by atoms with Gasteiger partial charge in [0, 0.05) is 13.0 Å². The largest absolute Gasteiger partial charge is 0.504 e. The van der Waals surface area contributed by atoms with E-state index in [1.54, 1.807) is 54.6 Å². The topological polar surface area (TPSA) is 132 Å². The molecule has 56 heavy (non-hydrogen) atoms. The molecule has 2 N–H and O–H groups in total. The molecule has 3 heterocycles. The highest BCUT2D eigenvalue weighted by Gasteiger charge is 2.70. The fourth-order valence-corrected chi connectivity index (χ4v) is 9.41. The summed E-state index contributed by atoms with van der Waals surface area (Å²) in [5.74, 6) is -7.61. The highest BCUT2D eigenvalue weighted by Crippen LogP contribution is 2.64. The van der Waals surface area contributed by atoms with E-state index in [9.17, 15) is 32.7 Å². The number of pyridine rings is 1. The predicted molar refractivity (Wildman–Crippen MR) is 198 cm³/mol. The number of nitrogens with one attached hydrogen (secondary N) is 1. The number of rotatable bonds is 7. The SMILES string of the molecule is COc1cc([C@H]2C3=CC[C@@H]4C(=O)N(N(C)c5nc(C(F)(F)F)ccc5Cl)C(=O)[C@@H]4[C@@H]3C[C@H]3C(=O)N(Nc4ccc(C)cc4)C(=O)[C@@]23c2ccccc2)ccc1O. The van der Waals surface area contributed by atoms with E-state index in [-0.39, 0.29) is 29.4 Å². The number of hydrazine groups is 2. The second-order valence-electron chi connectivity index (χ2n) is 14.5. The highest BCUT2D eigenvalue weighted by atomic mass is 35.5. The maximum Gasteiger partial charge on any atom is 0.433 e.